The highest BCUT2D eigenvalue weighted by molar-refractivity contribution is 14.0. The maximum Gasteiger partial charge on any atom is 0.573 e. The largest absolute Gasteiger partial charge is 0.573 e. The van der Waals surface area contributed by atoms with Gasteiger partial charge in [-0.15, -0.1) is 48.9 Å². The lowest BCUT2D eigenvalue weighted by Crippen LogP contribution is -2.22. The molecule has 0 unspecified atom stereocenters. The summed E-state index contributed by atoms with van der Waals surface area (Å²) in [4.78, 5) is 8.57. The minimum absolute atomic E-state index is 0. The summed E-state index contributed by atoms with van der Waals surface area (Å²) in [7, 11) is 0. The molecule has 0 saturated carbocycles. The summed E-state index contributed by atoms with van der Waals surface area (Å²) in [5.74, 6) is -0.148. The van der Waals surface area contributed by atoms with E-state index >= 15 is 0 Å². The Morgan fingerprint density at radius 3 is 2.39 bits per heavy atom. The Labute approximate surface area is 183 Å². The fourth-order valence-electron chi connectivity index (χ4n) is 2.02. The van der Waals surface area contributed by atoms with E-state index in [1.165, 1.54) is 24.3 Å². The molecule has 2 aromatic rings. The van der Waals surface area contributed by atoms with Crippen molar-refractivity contribution in [3.63, 3.8) is 0 Å². The normalized spacial score (nSPS) is 12.3. The number of pyridine rings is 1. The second-order valence-electron chi connectivity index (χ2n) is 6.62. The lowest BCUT2D eigenvalue weighted by Gasteiger charge is -2.16. The number of rotatable bonds is 5. The number of alkyl halides is 3. The van der Waals surface area contributed by atoms with E-state index in [9.17, 15) is 13.2 Å². The van der Waals surface area contributed by atoms with Crippen LogP contribution in [0.4, 0.5) is 18.9 Å². The number of hydrogen-bond donors (Lipinski definition) is 2. The Balaban J connectivity index is 0.00000392. The molecule has 0 radical (unpaired) electrons. The van der Waals surface area contributed by atoms with Crippen molar-refractivity contribution in [1.29, 1.82) is 0 Å². The molecular formula is C18H22F3IN4OS. The van der Waals surface area contributed by atoms with E-state index in [1.807, 2.05) is 12.1 Å². The molecule has 3 N–H and O–H groups in total. The molecule has 0 saturated heterocycles. The Bertz CT molecular complexity index is 793. The summed E-state index contributed by atoms with van der Waals surface area (Å²) in [5, 5.41) is 3.73. The van der Waals surface area contributed by atoms with Crippen LogP contribution in [0.5, 0.6) is 5.75 Å². The van der Waals surface area contributed by atoms with Crippen molar-refractivity contribution >= 4 is 47.4 Å². The molecule has 28 heavy (non-hydrogen) atoms. The van der Waals surface area contributed by atoms with Crippen molar-refractivity contribution in [2.75, 3.05) is 5.32 Å². The molecule has 0 spiro atoms. The number of aliphatic imine (C=N–C) groups is 1. The highest BCUT2D eigenvalue weighted by Crippen LogP contribution is 2.30. The number of nitrogens with two attached hydrogens (primary N) is 1. The van der Waals surface area contributed by atoms with Gasteiger partial charge in [-0.3, -0.25) is 0 Å². The van der Waals surface area contributed by atoms with Gasteiger partial charge in [-0.1, -0.05) is 20.8 Å². The molecule has 0 bridgehead atoms. The topological polar surface area (TPSA) is 72.5 Å². The quantitative estimate of drug-likeness (QED) is 0.236. The van der Waals surface area contributed by atoms with Gasteiger partial charge in [0.25, 0.3) is 0 Å². The highest BCUT2D eigenvalue weighted by atomic mass is 127. The van der Waals surface area contributed by atoms with Gasteiger partial charge in [0.1, 0.15) is 5.75 Å². The third-order valence-electron chi connectivity index (χ3n) is 3.00. The lowest BCUT2D eigenvalue weighted by molar-refractivity contribution is -0.274. The monoisotopic (exact) mass is 526 g/mol. The van der Waals surface area contributed by atoms with Crippen LogP contribution in [0.2, 0.25) is 0 Å². The van der Waals surface area contributed by atoms with Gasteiger partial charge < -0.3 is 15.8 Å². The van der Waals surface area contributed by atoms with Gasteiger partial charge in [-0.25, -0.2) is 9.98 Å². The number of halogens is 4. The summed E-state index contributed by atoms with van der Waals surface area (Å²) in [6, 6.07) is 9.05. The average Bonchev–Trinajstić information content (AvgIpc) is 2.52. The molecule has 2 rings (SSSR count). The third-order valence-corrected chi connectivity index (χ3v) is 4.05. The number of nitrogens with one attached hydrogen (secondary N) is 1. The number of thioether (sulfide) groups is 1. The van der Waals surface area contributed by atoms with Gasteiger partial charge >= 0.3 is 6.36 Å². The van der Waals surface area contributed by atoms with E-state index in [0.717, 1.165) is 10.6 Å². The zero-order valence-electron chi connectivity index (χ0n) is 15.6. The summed E-state index contributed by atoms with van der Waals surface area (Å²) in [5.41, 5.74) is 7.30. The minimum Gasteiger partial charge on any atom is -0.406 e. The number of benzene rings is 1. The predicted octanol–water partition coefficient (Wildman–Crippen LogP) is 5.42. The summed E-state index contributed by atoms with van der Waals surface area (Å²) >= 11 is 1.66. The van der Waals surface area contributed by atoms with Gasteiger partial charge in [0.15, 0.2) is 5.96 Å². The molecule has 0 aliphatic carbocycles. The Hall–Kier alpha value is -1.69. The molecule has 1 aromatic carbocycles. The molecule has 1 heterocycles. The fourth-order valence-corrected chi connectivity index (χ4v) is 2.97. The van der Waals surface area contributed by atoms with Crippen LogP contribution < -0.4 is 15.8 Å². The number of ether oxygens (including phenoxy) is 1. The zero-order valence-corrected chi connectivity index (χ0v) is 18.7. The molecule has 0 aliphatic rings. The van der Waals surface area contributed by atoms with Crippen LogP contribution >= 0.6 is 35.7 Å². The Morgan fingerprint density at radius 1 is 1.18 bits per heavy atom. The number of nitrogens with zero attached hydrogens (tertiary/aromatic N) is 2. The number of guanidine groups is 1. The van der Waals surface area contributed by atoms with Crippen LogP contribution in [0.15, 0.2) is 52.6 Å². The van der Waals surface area contributed by atoms with Crippen molar-refractivity contribution in [2.45, 2.75) is 43.5 Å². The Morgan fingerprint density at radius 2 is 1.82 bits per heavy atom. The first-order valence-corrected chi connectivity index (χ1v) is 8.88. The van der Waals surface area contributed by atoms with Crippen molar-refractivity contribution in [3.8, 4) is 5.75 Å². The third kappa shape index (κ3) is 9.49. The van der Waals surface area contributed by atoms with Crippen LogP contribution in [0.25, 0.3) is 0 Å². The summed E-state index contributed by atoms with van der Waals surface area (Å²) in [6.45, 7) is 6.68. The molecule has 0 amide bonds. The molecule has 10 heteroatoms. The molecule has 5 nitrogen and oxygen atoms in total. The number of hydrogen-bond acceptors (Lipinski definition) is 4. The molecule has 1 aromatic heterocycles. The highest BCUT2D eigenvalue weighted by Gasteiger charge is 2.30. The second kappa shape index (κ2) is 10.2. The maximum atomic E-state index is 12.1. The first-order chi connectivity index (χ1) is 12.5. The van der Waals surface area contributed by atoms with E-state index in [4.69, 9.17) is 5.73 Å². The van der Waals surface area contributed by atoms with Crippen molar-refractivity contribution in [2.24, 2.45) is 10.7 Å². The average molecular weight is 526 g/mol. The van der Waals surface area contributed by atoms with Gasteiger partial charge in [0.2, 0.25) is 0 Å². The smallest absolute Gasteiger partial charge is 0.406 e. The van der Waals surface area contributed by atoms with Crippen molar-refractivity contribution < 1.29 is 17.9 Å². The first-order valence-electron chi connectivity index (χ1n) is 8.07. The van der Waals surface area contributed by atoms with Crippen LogP contribution in [0.1, 0.15) is 26.3 Å². The van der Waals surface area contributed by atoms with Crippen molar-refractivity contribution in [1.82, 2.24) is 4.98 Å². The number of anilines is 1. The van der Waals surface area contributed by atoms with Crippen LogP contribution in [-0.2, 0) is 6.54 Å². The van der Waals surface area contributed by atoms with E-state index in [2.05, 4.69) is 40.8 Å². The summed E-state index contributed by atoms with van der Waals surface area (Å²) < 4.78 is 40.3. The van der Waals surface area contributed by atoms with E-state index < -0.39 is 6.36 Å². The van der Waals surface area contributed by atoms with E-state index in [0.29, 0.717) is 12.2 Å². The minimum atomic E-state index is -4.72. The number of aromatic nitrogens is 1. The first kappa shape index (κ1) is 24.3. The molecule has 0 aliphatic heterocycles. The SMILES string of the molecule is CC(C)(C)Sc1cc(CN=C(N)Nc2ccc(OC(F)(F)F)cc2)ccn1.I. The van der Waals surface area contributed by atoms with Gasteiger partial charge in [0.05, 0.1) is 11.6 Å². The summed E-state index contributed by atoms with van der Waals surface area (Å²) in [6.07, 6.45) is -2.99. The molecule has 0 fully saturated rings. The lowest BCUT2D eigenvalue weighted by atomic mass is 10.3. The van der Waals surface area contributed by atoms with Crippen LogP contribution in [0, 0.1) is 0 Å². The van der Waals surface area contributed by atoms with E-state index in [1.54, 1.807) is 18.0 Å². The second-order valence-corrected chi connectivity index (χ2v) is 8.46. The van der Waals surface area contributed by atoms with Gasteiger partial charge in [0, 0.05) is 16.6 Å². The zero-order chi connectivity index (χ0) is 20.1. The van der Waals surface area contributed by atoms with Crippen molar-refractivity contribution in [3.05, 3.63) is 48.2 Å². The van der Waals surface area contributed by atoms with Gasteiger partial charge in [-0.05, 0) is 42.0 Å². The standard InChI is InChI=1S/C18H21F3N4OS.HI/c1-17(2,3)27-15-10-12(8-9-23-15)11-24-16(22)25-13-4-6-14(7-5-13)26-18(19,20)21;/h4-10H,11H2,1-3H3,(H3,22,24,25);1H. The van der Waals surface area contributed by atoms with Crippen LogP contribution in [-0.4, -0.2) is 22.1 Å². The maximum absolute atomic E-state index is 12.1. The Kier molecular flexibility index (Phi) is 8.86. The van der Waals surface area contributed by atoms with Gasteiger partial charge in [-0.2, -0.15) is 0 Å². The molecular weight excluding hydrogens is 504 g/mol. The molecule has 0 atom stereocenters. The fraction of sp³-hybridized carbons (Fsp3) is 0.333. The molecule has 154 valence electrons. The predicted molar refractivity (Wildman–Crippen MR) is 117 cm³/mol. The van der Waals surface area contributed by atoms with E-state index in [-0.39, 0.29) is 40.4 Å². The van der Waals surface area contributed by atoms with Crippen LogP contribution in [0.3, 0.4) is 0 Å².